The molecule has 1 N–H and O–H groups in total. The molecule has 192 valence electrons. The summed E-state index contributed by atoms with van der Waals surface area (Å²) < 4.78 is 10.8. The van der Waals surface area contributed by atoms with Crippen LogP contribution in [0.4, 0.5) is 0 Å². The first-order valence-corrected chi connectivity index (χ1v) is 12.4. The molecule has 1 saturated heterocycles. The maximum atomic E-state index is 12.7. The van der Waals surface area contributed by atoms with Crippen LogP contribution in [0, 0.1) is 11.3 Å². The highest BCUT2D eigenvalue weighted by Crippen LogP contribution is 2.22. The zero-order chi connectivity index (χ0) is 25.4. The van der Waals surface area contributed by atoms with E-state index < -0.39 is 0 Å². The Balaban J connectivity index is 1.41. The lowest BCUT2D eigenvalue weighted by Crippen LogP contribution is -2.46. The average Bonchev–Trinajstić information content (AvgIpc) is 3.30. The van der Waals surface area contributed by atoms with Crippen LogP contribution >= 0.6 is 0 Å². The highest BCUT2D eigenvalue weighted by atomic mass is 16.5. The molecule has 0 radical (unpaired) electrons. The van der Waals surface area contributed by atoms with Gasteiger partial charge in [-0.25, -0.2) is 0 Å². The minimum absolute atomic E-state index is 0.0113. The fraction of sp³-hybridized carbons (Fsp3) is 0.615. The Bertz CT molecular complexity index is 962. The Labute approximate surface area is 208 Å². The molecule has 1 aliphatic heterocycles. The zero-order valence-corrected chi connectivity index (χ0v) is 21.7. The van der Waals surface area contributed by atoms with Gasteiger partial charge in [-0.2, -0.15) is 4.98 Å². The molecular formula is C26H39N5O4. The lowest BCUT2D eigenvalue weighted by atomic mass is 9.91. The molecule has 1 aromatic carbocycles. The fourth-order valence-electron chi connectivity index (χ4n) is 4.49. The van der Waals surface area contributed by atoms with E-state index >= 15 is 0 Å². The summed E-state index contributed by atoms with van der Waals surface area (Å²) in [5.41, 5.74) is 0.845. The molecule has 0 spiro atoms. The van der Waals surface area contributed by atoms with Crippen LogP contribution in [0.1, 0.15) is 45.9 Å². The SMILES string of the molecule is CCOc1ccc(-c2noc(CCC(=O)N3CCC(C(=O)NCC(C)(C)CN(C)C)CC3)n2)cc1. The number of nitrogens with one attached hydrogen (secondary N) is 1. The summed E-state index contributed by atoms with van der Waals surface area (Å²) >= 11 is 0. The van der Waals surface area contributed by atoms with Crippen LogP contribution in [0.2, 0.25) is 0 Å². The van der Waals surface area contributed by atoms with Gasteiger partial charge >= 0.3 is 0 Å². The Morgan fingerprint density at radius 1 is 1.20 bits per heavy atom. The van der Waals surface area contributed by atoms with E-state index in [4.69, 9.17) is 9.26 Å². The zero-order valence-electron chi connectivity index (χ0n) is 21.7. The molecule has 1 aliphatic rings. The number of nitrogens with zero attached hydrogens (tertiary/aromatic N) is 4. The van der Waals surface area contributed by atoms with Crippen molar-refractivity contribution in [3.05, 3.63) is 30.2 Å². The lowest BCUT2D eigenvalue weighted by Gasteiger charge is -2.33. The number of amides is 2. The number of benzene rings is 1. The molecule has 2 heterocycles. The molecule has 35 heavy (non-hydrogen) atoms. The van der Waals surface area contributed by atoms with Gasteiger partial charge in [0, 0.05) is 50.5 Å². The van der Waals surface area contributed by atoms with Gasteiger partial charge in [-0.1, -0.05) is 19.0 Å². The molecule has 0 bridgehead atoms. The molecule has 0 unspecified atom stereocenters. The molecule has 0 aliphatic carbocycles. The first-order chi connectivity index (χ1) is 16.7. The van der Waals surface area contributed by atoms with Gasteiger partial charge in [0.15, 0.2) is 0 Å². The van der Waals surface area contributed by atoms with Crippen molar-refractivity contribution in [1.82, 2.24) is 25.3 Å². The maximum Gasteiger partial charge on any atom is 0.227 e. The van der Waals surface area contributed by atoms with E-state index in [9.17, 15) is 9.59 Å². The highest BCUT2D eigenvalue weighted by molar-refractivity contribution is 5.80. The van der Waals surface area contributed by atoms with Gasteiger partial charge in [-0.3, -0.25) is 9.59 Å². The van der Waals surface area contributed by atoms with E-state index in [1.54, 1.807) is 0 Å². The van der Waals surface area contributed by atoms with Crippen LogP contribution in [0.3, 0.4) is 0 Å². The van der Waals surface area contributed by atoms with Gasteiger partial charge in [0.05, 0.1) is 6.61 Å². The standard InChI is InChI=1S/C26H39N5O4/c1-6-34-21-9-7-19(8-10-21)24-28-22(35-29-24)11-12-23(32)31-15-13-20(14-16-31)25(33)27-17-26(2,3)18-30(4)5/h7-10,20H,6,11-18H2,1-5H3,(H,27,33). The Kier molecular flexibility index (Phi) is 9.26. The summed E-state index contributed by atoms with van der Waals surface area (Å²) in [6.07, 6.45) is 2.08. The van der Waals surface area contributed by atoms with Crippen LogP contribution in [0.15, 0.2) is 28.8 Å². The molecule has 2 aromatic rings. The van der Waals surface area contributed by atoms with Crippen LogP contribution in [0.5, 0.6) is 5.75 Å². The van der Waals surface area contributed by atoms with E-state index in [1.165, 1.54) is 0 Å². The molecule has 9 nitrogen and oxygen atoms in total. The van der Waals surface area contributed by atoms with Crippen molar-refractivity contribution < 1.29 is 18.8 Å². The maximum absolute atomic E-state index is 12.7. The molecule has 3 rings (SSSR count). The van der Waals surface area contributed by atoms with Crippen molar-refractivity contribution in [1.29, 1.82) is 0 Å². The van der Waals surface area contributed by atoms with Crippen molar-refractivity contribution in [2.24, 2.45) is 11.3 Å². The quantitative estimate of drug-likeness (QED) is 0.522. The van der Waals surface area contributed by atoms with Crippen molar-refractivity contribution in [2.75, 3.05) is 46.9 Å². The number of aryl methyl sites for hydroxylation is 1. The van der Waals surface area contributed by atoms with Crippen LogP contribution in [-0.2, 0) is 16.0 Å². The molecular weight excluding hydrogens is 446 g/mol. The largest absolute Gasteiger partial charge is 0.494 e. The predicted molar refractivity (Wildman–Crippen MR) is 134 cm³/mol. The van der Waals surface area contributed by atoms with Gasteiger partial charge < -0.3 is 24.4 Å². The highest BCUT2D eigenvalue weighted by Gasteiger charge is 2.29. The summed E-state index contributed by atoms with van der Waals surface area (Å²) in [7, 11) is 4.07. The summed E-state index contributed by atoms with van der Waals surface area (Å²) in [5.74, 6) is 1.84. The Morgan fingerprint density at radius 3 is 2.51 bits per heavy atom. The smallest absolute Gasteiger partial charge is 0.227 e. The molecule has 9 heteroatoms. The minimum atomic E-state index is -0.0400. The van der Waals surface area contributed by atoms with Crippen molar-refractivity contribution >= 4 is 11.8 Å². The first-order valence-electron chi connectivity index (χ1n) is 12.4. The second-order valence-corrected chi connectivity index (χ2v) is 10.2. The van der Waals surface area contributed by atoms with Gasteiger partial charge in [0.2, 0.25) is 23.5 Å². The molecule has 2 amide bonds. The third-order valence-corrected chi connectivity index (χ3v) is 6.15. The topological polar surface area (TPSA) is 101 Å². The number of piperidine rings is 1. The van der Waals surface area contributed by atoms with E-state index in [-0.39, 0.29) is 23.1 Å². The second-order valence-electron chi connectivity index (χ2n) is 10.2. The number of carbonyl (C=O) groups excluding carboxylic acids is 2. The lowest BCUT2D eigenvalue weighted by molar-refractivity contribution is -0.135. The van der Waals surface area contributed by atoms with Gasteiger partial charge in [-0.05, 0) is 63.5 Å². The third kappa shape index (κ3) is 8.06. The number of hydrogen-bond donors (Lipinski definition) is 1. The fourth-order valence-corrected chi connectivity index (χ4v) is 4.49. The number of likely N-dealkylation sites (tertiary alicyclic amines) is 1. The van der Waals surface area contributed by atoms with Crippen molar-refractivity contribution in [2.45, 2.75) is 46.5 Å². The van der Waals surface area contributed by atoms with Crippen LogP contribution < -0.4 is 10.1 Å². The van der Waals surface area contributed by atoms with Crippen molar-refractivity contribution in [3.8, 4) is 17.1 Å². The number of rotatable bonds is 11. The summed E-state index contributed by atoms with van der Waals surface area (Å²) in [5, 5.41) is 7.14. The average molecular weight is 486 g/mol. The molecule has 1 fully saturated rings. The van der Waals surface area contributed by atoms with Gasteiger partial charge in [0.25, 0.3) is 0 Å². The van der Waals surface area contributed by atoms with Gasteiger partial charge in [-0.15, -0.1) is 0 Å². The number of hydrogen-bond acceptors (Lipinski definition) is 7. The van der Waals surface area contributed by atoms with E-state index in [0.717, 1.165) is 17.9 Å². The van der Waals surface area contributed by atoms with E-state index in [0.29, 0.717) is 63.6 Å². The number of carbonyl (C=O) groups is 2. The third-order valence-electron chi connectivity index (χ3n) is 6.15. The monoisotopic (exact) mass is 485 g/mol. The van der Waals surface area contributed by atoms with Crippen LogP contribution in [-0.4, -0.2) is 78.6 Å². The summed E-state index contributed by atoms with van der Waals surface area (Å²) in [6.45, 7) is 9.60. The predicted octanol–water partition coefficient (Wildman–Crippen LogP) is 3.01. The molecule has 1 aromatic heterocycles. The van der Waals surface area contributed by atoms with Crippen molar-refractivity contribution in [3.63, 3.8) is 0 Å². The van der Waals surface area contributed by atoms with E-state index in [1.807, 2.05) is 50.2 Å². The second kappa shape index (κ2) is 12.2. The molecule has 0 saturated carbocycles. The normalized spacial score (nSPS) is 14.9. The van der Waals surface area contributed by atoms with Crippen LogP contribution in [0.25, 0.3) is 11.4 Å². The number of ether oxygens (including phenoxy) is 1. The summed E-state index contributed by atoms with van der Waals surface area (Å²) in [4.78, 5) is 33.7. The Hall–Kier alpha value is -2.94. The summed E-state index contributed by atoms with van der Waals surface area (Å²) in [6, 6.07) is 7.50. The minimum Gasteiger partial charge on any atom is -0.494 e. The Morgan fingerprint density at radius 2 is 1.89 bits per heavy atom. The number of aromatic nitrogens is 2. The van der Waals surface area contributed by atoms with Gasteiger partial charge in [0.1, 0.15) is 5.75 Å². The molecule has 0 atom stereocenters. The van der Waals surface area contributed by atoms with E-state index in [2.05, 4.69) is 34.2 Å². The first kappa shape index (κ1) is 26.7.